The van der Waals surface area contributed by atoms with Gasteiger partial charge >= 0.3 is 0 Å². The Kier molecular flexibility index (Phi) is 2.74. The number of benzene rings is 1. The summed E-state index contributed by atoms with van der Waals surface area (Å²) < 4.78 is 0. The number of nitrogens with one attached hydrogen (secondary N) is 1. The maximum absolute atomic E-state index is 11.8. The number of thiazole rings is 1. The fourth-order valence-electron chi connectivity index (χ4n) is 1.67. The smallest absolute Gasteiger partial charge is 0.275 e. The van der Waals surface area contributed by atoms with E-state index < -0.39 is 0 Å². The highest BCUT2D eigenvalue weighted by atomic mass is 32.1. The lowest BCUT2D eigenvalue weighted by Crippen LogP contribution is -2.11. The molecule has 0 fully saturated rings. The van der Waals surface area contributed by atoms with Gasteiger partial charge in [0.1, 0.15) is 5.69 Å². The van der Waals surface area contributed by atoms with Crippen molar-refractivity contribution in [3.05, 3.63) is 53.1 Å². The second-order valence-corrected chi connectivity index (χ2v) is 4.46. The van der Waals surface area contributed by atoms with Crippen LogP contribution in [0.2, 0.25) is 0 Å². The predicted octanol–water partition coefficient (Wildman–Crippen LogP) is 2.94. The van der Waals surface area contributed by atoms with Crippen LogP contribution >= 0.6 is 11.3 Å². The van der Waals surface area contributed by atoms with Crippen molar-refractivity contribution in [2.75, 3.05) is 5.32 Å². The van der Waals surface area contributed by atoms with Crippen LogP contribution in [0.1, 0.15) is 10.5 Å². The molecule has 2 aromatic heterocycles. The molecule has 0 saturated carbocycles. The monoisotopic (exact) mass is 255 g/mol. The van der Waals surface area contributed by atoms with Crippen LogP contribution in [0.25, 0.3) is 10.9 Å². The van der Waals surface area contributed by atoms with Crippen molar-refractivity contribution < 1.29 is 4.79 Å². The fourth-order valence-corrected chi connectivity index (χ4v) is 2.21. The van der Waals surface area contributed by atoms with Gasteiger partial charge in [-0.25, -0.2) is 4.98 Å². The highest BCUT2D eigenvalue weighted by Gasteiger charge is 2.07. The predicted molar refractivity (Wildman–Crippen MR) is 71.8 cm³/mol. The third kappa shape index (κ3) is 2.08. The van der Waals surface area contributed by atoms with Gasteiger partial charge < -0.3 is 5.32 Å². The first-order valence-corrected chi connectivity index (χ1v) is 6.31. The molecule has 1 N–H and O–H groups in total. The molecule has 2 heterocycles. The lowest BCUT2D eigenvalue weighted by molar-refractivity contribution is 0.102. The van der Waals surface area contributed by atoms with Crippen LogP contribution in [-0.4, -0.2) is 15.9 Å². The number of rotatable bonds is 2. The van der Waals surface area contributed by atoms with Gasteiger partial charge in [-0.05, 0) is 24.3 Å². The molecule has 0 unspecified atom stereocenters. The van der Waals surface area contributed by atoms with Crippen molar-refractivity contribution in [2.24, 2.45) is 0 Å². The molecule has 18 heavy (non-hydrogen) atoms. The number of fused-ring (bicyclic) bond motifs is 1. The van der Waals surface area contributed by atoms with Gasteiger partial charge in [0.05, 0.1) is 11.0 Å². The van der Waals surface area contributed by atoms with Crippen molar-refractivity contribution in [3.8, 4) is 0 Å². The summed E-state index contributed by atoms with van der Waals surface area (Å²) >= 11 is 1.40. The quantitative estimate of drug-likeness (QED) is 0.766. The zero-order valence-corrected chi connectivity index (χ0v) is 10.1. The van der Waals surface area contributed by atoms with Gasteiger partial charge in [0.15, 0.2) is 0 Å². The molecule has 0 radical (unpaired) electrons. The molecule has 1 aromatic carbocycles. The Hall–Kier alpha value is -2.27. The highest BCUT2D eigenvalue weighted by Crippen LogP contribution is 2.17. The minimum Gasteiger partial charge on any atom is -0.321 e. The standard InChI is InChI=1S/C13H9N3OS/c17-13(12-7-18-8-15-12)16-10-3-4-11-9(6-10)2-1-5-14-11/h1-8H,(H,16,17). The lowest BCUT2D eigenvalue weighted by atomic mass is 10.2. The summed E-state index contributed by atoms with van der Waals surface area (Å²) in [5.41, 5.74) is 3.73. The van der Waals surface area contributed by atoms with E-state index in [9.17, 15) is 4.79 Å². The largest absolute Gasteiger partial charge is 0.321 e. The summed E-state index contributed by atoms with van der Waals surface area (Å²) in [7, 11) is 0. The van der Waals surface area contributed by atoms with Crippen LogP contribution in [0.3, 0.4) is 0 Å². The van der Waals surface area contributed by atoms with Gasteiger partial charge in [-0.2, -0.15) is 0 Å². The van der Waals surface area contributed by atoms with Gasteiger partial charge in [-0.1, -0.05) is 6.07 Å². The summed E-state index contributed by atoms with van der Waals surface area (Å²) in [6.07, 6.45) is 1.75. The van der Waals surface area contributed by atoms with E-state index in [1.807, 2.05) is 30.3 Å². The number of carbonyl (C=O) groups is 1. The number of aromatic nitrogens is 2. The van der Waals surface area contributed by atoms with E-state index in [1.54, 1.807) is 17.1 Å². The number of pyridine rings is 1. The maximum Gasteiger partial charge on any atom is 0.275 e. The molecule has 0 atom stereocenters. The number of anilines is 1. The van der Waals surface area contributed by atoms with E-state index in [0.717, 1.165) is 16.6 Å². The average molecular weight is 255 g/mol. The number of nitrogens with zero attached hydrogens (tertiary/aromatic N) is 2. The van der Waals surface area contributed by atoms with E-state index in [-0.39, 0.29) is 5.91 Å². The second-order valence-electron chi connectivity index (χ2n) is 3.74. The molecule has 5 heteroatoms. The number of hydrogen-bond donors (Lipinski definition) is 1. The van der Waals surface area contributed by atoms with Crippen LogP contribution in [0.15, 0.2) is 47.4 Å². The number of carbonyl (C=O) groups excluding carboxylic acids is 1. The molecule has 0 aliphatic rings. The molecule has 0 spiro atoms. The van der Waals surface area contributed by atoms with Crippen LogP contribution < -0.4 is 5.32 Å². The Labute approximate surface area is 107 Å². The summed E-state index contributed by atoms with van der Waals surface area (Å²) in [5, 5.41) is 5.53. The maximum atomic E-state index is 11.8. The van der Waals surface area contributed by atoms with Crippen molar-refractivity contribution in [1.29, 1.82) is 0 Å². The fraction of sp³-hybridized carbons (Fsp3) is 0. The topological polar surface area (TPSA) is 54.9 Å². The molecule has 88 valence electrons. The zero-order chi connectivity index (χ0) is 12.4. The normalized spacial score (nSPS) is 10.4. The zero-order valence-electron chi connectivity index (χ0n) is 9.33. The second kappa shape index (κ2) is 4.54. The van der Waals surface area contributed by atoms with Gasteiger partial charge in [0.25, 0.3) is 5.91 Å². The molecule has 0 aliphatic heterocycles. The van der Waals surface area contributed by atoms with Crippen molar-refractivity contribution in [3.63, 3.8) is 0 Å². The van der Waals surface area contributed by atoms with Crippen molar-refractivity contribution in [1.82, 2.24) is 9.97 Å². The Morgan fingerprint density at radius 1 is 1.22 bits per heavy atom. The Morgan fingerprint density at radius 2 is 2.17 bits per heavy atom. The Morgan fingerprint density at radius 3 is 3.00 bits per heavy atom. The molecule has 3 aromatic rings. The van der Waals surface area contributed by atoms with E-state index in [0.29, 0.717) is 5.69 Å². The lowest BCUT2D eigenvalue weighted by Gasteiger charge is -2.04. The van der Waals surface area contributed by atoms with Crippen LogP contribution in [0.5, 0.6) is 0 Å². The van der Waals surface area contributed by atoms with Crippen LogP contribution in [0.4, 0.5) is 5.69 Å². The first kappa shape index (κ1) is 10.9. The summed E-state index contributed by atoms with van der Waals surface area (Å²) in [6.45, 7) is 0. The van der Waals surface area contributed by atoms with E-state index in [1.165, 1.54) is 11.3 Å². The first-order chi connectivity index (χ1) is 8.83. The molecule has 0 bridgehead atoms. The van der Waals surface area contributed by atoms with E-state index >= 15 is 0 Å². The van der Waals surface area contributed by atoms with Gasteiger partial charge in [-0.15, -0.1) is 11.3 Å². The van der Waals surface area contributed by atoms with Gasteiger partial charge in [-0.3, -0.25) is 9.78 Å². The third-order valence-corrected chi connectivity index (χ3v) is 3.11. The number of hydrogen-bond acceptors (Lipinski definition) is 4. The Bertz CT molecular complexity index is 694. The van der Waals surface area contributed by atoms with Crippen molar-refractivity contribution in [2.45, 2.75) is 0 Å². The van der Waals surface area contributed by atoms with E-state index in [2.05, 4.69) is 15.3 Å². The summed E-state index contributed by atoms with van der Waals surface area (Å²) in [6, 6.07) is 9.44. The minimum atomic E-state index is -0.195. The molecular weight excluding hydrogens is 246 g/mol. The molecule has 0 aliphatic carbocycles. The molecule has 0 saturated heterocycles. The molecular formula is C13H9N3OS. The van der Waals surface area contributed by atoms with E-state index in [4.69, 9.17) is 0 Å². The summed E-state index contributed by atoms with van der Waals surface area (Å²) in [4.78, 5) is 20.0. The van der Waals surface area contributed by atoms with Gasteiger partial charge in [0, 0.05) is 22.7 Å². The Balaban J connectivity index is 1.89. The van der Waals surface area contributed by atoms with Crippen LogP contribution in [0, 0.1) is 0 Å². The van der Waals surface area contributed by atoms with Crippen molar-refractivity contribution >= 4 is 33.8 Å². The molecule has 4 nitrogen and oxygen atoms in total. The molecule has 3 rings (SSSR count). The van der Waals surface area contributed by atoms with Crippen LogP contribution in [-0.2, 0) is 0 Å². The highest BCUT2D eigenvalue weighted by molar-refractivity contribution is 7.07. The first-order valence-electron chi connectivity index (χ1n) is 5.37. The summed E-state index contributed by atoms with van der Waals surface area (Å²) in [5.74, 6) is -0.195. The number of amides is 1. The van der Waals surface area contributed by atoms with Gasteiger partial charge in [0.2, 0.25) is 0 Å². The SMILES string of the molecule is O=C(Nc1ccc2ncccc2c1)c1cscn1. The third-order valence-electron chi connectivity index (χ3n) is 2.53. The average Bonchev–Trinajstić information content (AvgIpc) is 2.92. The minimum absolute atomic E-state index is 0.195. The molecule has 1 amide bonds.